The number of para-hydroxylation sites is 1. The van der Waals surface area contributed by atoms with E-state index in [4.69, 9.17) is 16.3 Å². The maximum absolute atomic E-state index is 5.86. The molecule has 1 aliphatic rings. The molecular formula is C15H14ClNO. The molecule has 0 saturated heterocycles. The first-order valence-electron chi connectivity index (χ1n) is 6.05. The van der Waals surface area contributed by atoms with Crippen LogP contribution >= 0.6 is 11.6 Å². The minimum absolute atomic E-state index is 0.207. The highest BCUT2D eigenvalue weighted by Crippen LogP contribution is 2.28. The van der Waals surface area contributed by atoms with Gasteiger partial charge in [-0.3, -0.25) is 0 Å². The van der Waals surface area contributed by atoms with Gasteiger partial charge in [-0.2, -0.15) is 0 Å². The van der Waals surface area contributed by atoms with Gasteiger partial charge in [0.05, 0.1) is 6.54 Å². The molecule has 0 spiro atoms. The molecule has 2 aromatic carbocycles. The molecule has 0 aromatic heterocycles. The zero-order valence-corrected chi connectivity index (χ0v) is 10.7. The second-order valence-electron chi connectivity index (χ2n) is 4.44. The SMILES string of the molecule is Clc1ccc(NCC2Cc3ccccc3O2)cc1. The summed E-state index contributed by atoms with van der Waals surface area (Å²) in [5, 5.41) is 4.12. The van der Waals surface area contributed by atoms with Crippen molar-refractivity contribution in [2.45, 2.75) is 12.5 Å². The number of hydrogen-bond donors (Lipinski definition) is 1. The van der Waals surface area contributed by atoms with E-state index in [0.717, 1.165) is 29.4 Å². The highest BCUT2D eigenvalue weighted by molar-refractivity contribution is 6.30. The lowest BCUT2D eigenvalue weighted by Gasteiger charge is -2.12. The first-order chi connectivity index (χ1) is 8.81. The molecule has 0 saturated carbocycles. The standard InChI is InChI=1S/C15H14ClNO/c16-12-5-7-13(8-6-12)17-10-14-9-11-3-1-2-4-15(11)18-14/h1-8,14,17H,9-10H2. The fourth-order valence-corrected chi connectivity index (χ4v) is 2.29. The van der Waals surface area contributed by atoms with E-state index in [1.165, 1.54) is 5.56 Å². The minimum Gasteiger partial charge on any atom is -0.488 e. The molecule has 1 atom stereocenters. The van der Waals surface area contributed by atoms with Crippen molar-refractivity contribution in [3.8, 4) is 5.75 Å². The molecule has 0 aliphatic carbocycles. The summed E-state index contributed by atoms with van der Waals surface area (Å²) in [6, 6.07) is 15.9. The van der Waals surface area contributed by atoms with Crippen molar-refractivity contribution in [3.63, 3.8) is 0 Å². The summed E-state index contributed by atoms with van der Waals surface area (Å²) in [5.74, 6) is 1.01. The zero-order chi connectivity index (χ0) is 12.4. The maximum Gasteiger partial charge on any atom is 0.123 e. The molecule has 1 heterocycles. The van der Waals surface area contributed by atoms with Gasteiger partial charge in [-0.05, 0) is 35.9 Å². The van der Waals surface area contributed by atoms with Gasteiger partial charge in [0, 0.05) is 17.1 Å². The van der Waals surface area contributed by atoms with E-state index < -0.39 is 0 Å². The van der Waals surface area contributed by atoms with Gasteiger partial charge in [-0.1, -0.05) is 29.8 Å². The summed E-state index contributed by atoms with van der Waals surface area (Å²) in [6.45, 7) is 0.802. The third-order valence-electron chi connectivity index (χ3n) is 3.09. The number of ether oxygens (including phenoxy) is 1. The first kappa shape index (κ1) is 11.4. The lowest BCUT2D eigenvalue weighted by atomic mass is 10.1. The van der Waals surface area contributed by atoms with Gasteiger partial charge < -0.3 is 10.1 Å². The van der Waals surface area contributed by atoms with Crippen LogP contribution in [-0.2, 0) is 6.42 Å². The molecular weight excluding hydrogens is 246 g/mol. The summed E-state index contributed by atoms with van der Waals surface area (Å²) in [6.07, 6.45) is 1.18. The molecule has 92 valence electrons. The van der Waals surface area contributed by atoms with E-state index in [9.17, 15) is 0 Å². The summed E-state index contributed by atoms with van der Waals surface area (Å²) in [7, 11) is 0. The molecule has 2 nitrogen and oxygen atoms in total. The molecule has 0 bridgehead atoms. The molecule has 0 amide bonds. The predicted octanol–water partition coefficient (Wildman–Crippen LogP) is 3.76. The highest BCUT2D eigenvalue weighted by Gasteiger charge is 2.21. The average Bonchev–Trinajstić information content (AvgIpc) is 2.81. The molecule has 2 aromatic rings. The van der Waals surface area contributed by atoms with E-state index in [1.54, 1.807) is 0 Å². The van der Waals surface area contributed by atoms with Gasteiger partial charge in [0.15, 0.2) is 0 Å². The van der Waals surface area contributed by atoms with Crippen LogP contribution in [-0.4, -0.2) is 12.6 Å². The first-order valence-corrected chi connectivity index (χ1v) is 6.43. The van der Waals surface area contributed by atoms with Crippen LogP contribution in [0.25, 0.3) is 0 Å². The van der Waals surface area contributed by atoms with Crippen LogP contribution in [0.1, 0.15) is 5.56 Å². The number of fused-ring (bicyclic) bond motifs is 1. The molecule has 1 unspecified atom stereocenters. The van der Waals surface area contributed by atoms with Crippen molar-refractivity contribution in [3.05, 3.63) is 59.1 Å². The summed E-state index contributed by atoms with van der Waals surface area (Å²) in [5.41, 5.74) is 2.36. The third-order valence-corrected chi connectivity index (χ3v) is 3.34. The lowest BCUT2D eigenvalue weighted by Crippen LogP contribution is -2.23. The minimum atomic E-state index is 0.207. The van der Waals surface area contributed by atoms with Gasteiger partial charge >= 0.3 is 0 Å². The zero-order valence-electron chi connectivity index (χ0n) is 9.90. The Morgan fingerprint density at radius 1 is 1.11 bits per heavy atom. The molecule has 18 heavy (non-hydrogen) atoms. The Bertz CT molecular complexity index is 513. The molecule has 3 rings (SSSR count). The van der Waals surface area contributed by atoms with Crippen LogP contribution in [0.2, 0.25) is 5.02 Å². The van der Waals surface area contributed by atoms with Crippen LogP contribution in [0.3, 0.4) is 0 Å². The Balaban J connectivity index is 1.58. The van der Waals surface area contributed by atoms with E-state index in [2.05, 4.69) is 17.4 Å². The molecule has 0 radical (unpaired) electrons. The number of halogens is 1. The smallest absolute Gasteiger partial charge is 0.123 e. The van der Waals surface area contributed by atoms with Gasteiger partial charge in [0.1, 0.15) is 11.9 Å². The number of nitrogens with one attached hydrogen (secondary N) is 1. The summed E-state index contributed by atoms with van der Waals surface area (Å²) < 4.78 is 5.86. The van der Waals surface area contributed by atoms with Crippen LogP contribution in [0.5, 0.6) is 5.75 Å². The maximum atomic E-state index is 5.86. The van der Waals surface area contributed by atoms with Crippen LogP contribution in [0.15, 0.2) is 48.5 Å². The predicted molar refractivity (Wildman–Crippen MR) is 74.5 cm³/mol. The molecule has 0 fully saturated rings. The molecule has 1 aliphatic heterocycles. The van der Waals surface area contributed by atoms with Gasteiger partial charge in [0.2, 0.25) is 0 Å². The van der Waals surface area contributed by atoms with Gasteiger partial charge in [-0.15, -0.1) is 0 Å². The largest absolute Gasteiger partial charge is 0.488 e. The lowest BCUT2D eigenvalue weighted by molar-refractivity contribution is 0.246. The number of hydrogen-bond acceptors (Lipinski definition) is 2. The van der Waals surface area contributed by atoms with Gasteiger partial charge in [-0.25, -0.2) is 0 Å². The van der Waals surface area contributed by atoms with Crippen LogP contribution < -0.4 is 10.1 Å². The average molecular weight is 260 g/mol. The van der Waals surface area contributed by atoms with Crippen molar-refractivity contribution in [1.82, 2.24) is 0 Å². The Kier molecular flexibility index (Phi) is 3.11. The summed E-state index contributed by atoms with van der Waals surface area (Å²) >= 11 is 5.85. The van der Waals surface area contributed by atoms with Crippen molar-refractivity contribution in [1.29, 1.82) is 0 Å². The Morgan fingerprint density at radius 2 is 1.89 bits per heavy atom. The highest BCUT2D eigenvalue weighted by atomic mass is 35.5. The van der Waals surface area contributed by atoms with Crippen molar-refractivity contribution in [2.75, 3.05) is 11.9 Å². The van der Waals surface area contributed by atoms with Gasteiger partial charge in [0.25, 0.3) is 0 Å². The van der Waals surface area contributed by atoms with Crippen molar-refractivity contribution in [2.24, 2.45) is 0 Å². The number of anilines is 1. The van der Waals surface area contributed by atoms with E-state index in [1.807, 2.05) is 36.4 Å². The topological polar surface area (TPSA) is 21.3 Å². The second kappa shape index (κ2) is 4.91. The van der Waals surface area contributed by atoms with E-state index >= 15 is 0 Å². The quantitative estimate of drug-likeness (QED) is 0.906. The second-order valence-corrected chi connectivity index (χ2v) is 4.88. The molecule has 1 N–H and O–H groups in total. The van der Waals surface area contributed by atoms with Crippen molar-refractivity contribution >= 4 is 17.3 Å². The Morgan fingerprint density at radius 3 is 2.67 bits per heavy atom. The third kappa shape index (κ3) is 2.44. The normalized spacial score (nSPS) is 17.1. The van der Waals surface area contributed by atoms with Crippen LogP contribution in [0.4, 0.5) is 5.69 Å². The van der Waals surface area contributed by atoms with E-state index in [-0.39, 0.29) is 6.10 Å². The summed E-state index contributed by atoms with van der Waals surface area (Å²) in [4.78, 5) is 0. The monoisotopic (exact) mass is 259 g/mol. The van der Waals surface area contributed by atoms with Crippen molar-refractivity contribution < 1.29 is 4.74 Å². The molecule has 3 heteroatoms. The Hall–Kier alpha value is -1.67. The van der Waals surface area contributed by atoms with E-state index in [0.29, 0.717) is 0 Å². The fourth-order valence-electron chi connectivity index (χ4n) is 2.17. The Labute approximate surface area is 112 Å². The number of benzene rings is 2. The fraction of sp³-hybridized carbons (Fsp3) is 0.200. The number of rotatable bonds is 3. The van der Waals surface area contributed by atoms with Crippen LogP contribution in [0, 0.1) is 0 Å².